The first-order valence-corrected chi connectivity index (χ1v) is 8.08. The number of aliphatic imine (C=N–C) groups is 1. The van der Waals surface area contributed by atoms with Crippen LogP contribution in [0.1, 0.15) is 30.3 Å². The second kappa shape index (κ2) is 7.63. The number of aryl methyl sites for hydroxylation is 2. The Morgan fingerprint density at radius 1 is 1.45 bits per heavy atom. The van der Waals surface area contributed by atoms with E-state index in [0.717, 1.165) is 37.9 Å². The predicted molar refractivity (Wildman–Crippen MR) is 89.1 cm³/mol. The molecule has 0 aliphatic carbocycles. The van der Waals surface area contributed by atoms with Gasteiger partial charge >= 0.3 is 0 Å². The zero-order valence-electron chi connectivity index (χ0n) is 14.5. The maximum atomic E-state index is 5.28. The summed E-state index contributed by atoms with van der Waals surface area (Å²) in [7, 11) is 3.76. The molecule has 1 aromatic rings. The number of aromatic nitrogens is 2. The molecule has 1 unspecified atom stereocenters. The Bertz CT molecular complexity index is 523. The summed E-state index contributed by atoms with van der Waals surface area (Å²) in [5.74, 6) is 1.61. The highest BCUT2D eigenvalue weighted by Crippen LogP contribution is 2.17. The summed E-state index contributed by atoms with van der Waals surface area (Å²) in [4.78, 5) is 7.17. The number of guanidine groups is 1. The van der Waals surface area contributed by atoms with E-state index in [1.54, 1.807) is 7.11 Å². The summed E-state index contributed by atoms with van der Waals surface area (Å²) >= 11 is 0. The molecule has 1 atom stereocenters. The minimum Gasteiger partial charge on any atom is -0.384 e. The third kappa shape index (κ3) is 3.80. The normalized spacial score (nSPS) is 19.0. The smallest absolute Gasteiger partial charge is 0.194 e. The lowest BCUT2D eigenvalue weighted by atomic mass is 10.1. The van der Waals surface area contributed by atoms with Crippen molar-refractivity contribution in [3.63, 3.8) is 0 Å². The standard InChI is InChI=1S/C16H29N5O/c1-6-17-16(21-8-7-14(10-21)11-22-5)18-9-15-12(2)19-20(4)13(15)3/h14H,6-11H2,1-5H3,(H,17,18). The topological polar surface area (TPSA) is 54.7 Å². The molecule has 0 bridgehead atoms. The Hall–Kier alpha value is -1.56. The average Bonchev–Trinajstić information content (AvgIpc) is 3.03. The third-order valence-electron chi connectivity index (χ3n) is 4.37. The third-order valence-corrected chi connectivity index (χ3v) is 4.37. The molecule has 6 nitrogen and oxygen atoms in total. The Balaban J connectivity index is 2.07. The summed E-state index contributed by atoms with van der Waals surface area (Å²) in [6, 6.07) is 0. The number of nitrogens with zero attached hydrogens (tertiary/aromatic N) is 4. The van der Waals surface area contributed by atoms with E-state index in [0.29, 0.717) is 12.5 Å². The number of rotatable bonds is 5. The lowest BCUT2D eigenvalue weighted by Gasteiger charge is -2.21. The first kappa shape index (κ1) is 16.8. The van der Waals surface area contributed by atoms with E-state index < -0.39 is 0 Å². The summed E-state index contributed by atoms with van der Waals surface area (Å²) in [5.41, 5.74) is 3.49. The largest absolute Gasteiger partial charge is 0.384 e. The number of likely N-dealkylation sites (tertiary alicyclic amines) is 1. The molecular weight excluding hydrogens is 278 g/mol. The van der Waals surface area contributed by atoms with Crippen LogP contribution in [0.4, 0.5) is 0 Å². The van der Waals surface area contributed by atoms with Gasteiger partial charge in [0.15, 0.2) is 5.96 Å². The molecule has 1 aromatic heterocycles. The van der Waals surface area contributed by atoms with Crippen molar-refractivity contribution in [2.45, 2.75) is 33.7 Å². The van der Waals surface area contributed by atoms with Crippen LogP contribution in [0, 0.1) is 19.8 Å². The van der Waals surface area contributed by atoms with Crippen LogP contribution in [0.5, 0.6) is 0 Å². The second-order valence-corrected chi connectivity index (χ2v) is 6.00. The Labute approximate surface area is 133 Å². The molecule has 22 heavy (non-hydrogen) atoms. The molecule has 0 radical (unpaired) electrons. The van der Waals surface area contributed by atoms with Crippen molar-refractivity contribution in [1.29, 1.82) is 0 Å². The van der Waals surface area contributed by atoms with Gasteiger partial charge < -0.3 is 15.0 Å². The molecule has 2 heterocycles. The van der Waals surface area contributed by atoms with Crippen LogP contribution in [-0.2, 0) is 18.3 Å². The van der Waals surface area contributed by atoms with Crippen molar-refractivity contribution in [2.24, 2.45) is 18.0 Å². The van der Waals surface area contributed by atoms with E-state index in [2.05, 4.69) is 36.1 Å². The van der Waals surface area contributed by atoms with Gasteiger partial charge in [0.2, 0.25) is 0 Å². The molecule has 124 valence electrons. The fraction of sp³-hybridized carbons (Fsp3) is 0.750. The predicted octanol–water partition coefficient (Wildman–Crippen LogP) is 1.47. The molecule has 0 spiro atoms. The molecule has 1 saturated heterocycles. The van der Waals surface area contributed by atoms with E-state index in [4.69, 9.17) is 9.73 Å². The SMILES string of the molecule is CCNC(=NCc1c(C)nn(C)c1C)N1CCC(COC)C1. The van der Waals surface area contributed by atoms with Gasteiger partial charge in [-0.25, -0.2) is 4.99 Å². The van der Waals surface area contributed by atoms with E-state index in [1.807, 2.05) is 11.7 Å². The van der Waals surface area contributed by atoms with E-state index in [9.17, 15) is 0 Å². The lowest BCUT2D eigenvalue weighted by molar-refractivity contribution is 0.157. The van der Waals surface area contributed by atoms with E-state index in [-0.39, 0.29) is 0 Å². The highest BCUT2D eigenvalue weighted by molar-refractivity contribution is 5.80. The molecule has 1 N–H and O–H groups in total. The van der Waals surface area contributed by atoms with Crippen molar-refractivity contribution in [2.75, 3.05) is 33.4 Å². The maximum Gasteiger partial charge on any atom is 0.194 e. The quantitative estimate of drug-likeness (QED) is 0.661. The Kier molecular flexibility index (Phi) is 5.83. The van der Waals surface area contributed by atoms with Gasteiger partial charge in [0.25, 0.3) is 0 Å². The molecule has 0 aromatic carbocycles. The zero-order valence-corrected chi connectivity index (χ0v) is 14.5. The number of nitrogens with one attached hydrogen (secondary N) is 1. The second-order valence-electron chi connectivity index (χ2n) is 6.00. The van der Waals surface area contributed by atoms with Crippen LogP contribution in [-0.4, -0.2) is 54.0 Å². The first-order chi connectivity index (χ1) is 10.6. The van der Waals surface area contributed by atoms with Gasteiger partial charge in [-0.15, -0.1) is 0 Å². The highest BCUT2D eigenvalue weighted by atomic mass is 16.5. The summed E-state index contributed by atoms with van der Waals surface area (Å²) in [6.07, 6.45) is 1.17. The average molecular weight is 307 g/mol. The number of hydrogen-bond acceptors (Lipinski definition) is 3. The molecule has 2 rings (SSSR count). The van der Waals surface area contributed by atoms with Gasteiger partial charge in [0, 0.05) is 51.0 Å². The van der Waals surface area contributed by atoms with Gasteiger partial charge in [0.1, 0.15) is 0 Å². The highest BCUT2D eigenvalue weighted by Gasteiger charge is 2.24. The van der Waals surface area contributed by atoms with Crippen LogP contribution in [0.25, 0.3) is 0 Å². The Morgan fingerprint density at radius 3 is 2.82 bits per heavy atom. The summed E-state index contributed by atoms with van der Waals surface area (Å²) < 4.78 is 7.21. The van der Waals surface area contributed by atoms with Crippen LogP contribution in [0.2, 0.25) is 0 Å². The fourth-order valence-electron chi connectivity index (χ4n) is 3.02. The first-order valence-electron chi connectivity index (χ1n) is 8.08. The molecule has 6 heteroatoms. The minimum atomic E-state index is 0.607. The lowest BCUT2D eigenvalue weighted by Crippen LogP contribution is -2.40. The monoisotopic (exact) mass is 307 g/mol. The van der Waals surface area contributed by atoms with Gasteiger partial charge in [-0.2, -0.15) is 5.10 Å². The van der Waals surface area contributed by atoms with E-state index in [1.165, 1.54) is 17.7 Å². The van der Waals surface area contributed by atoms with Crippen LogP contribution in [0.3, 0.4) is 0 Å². The maximum absolute atomic E-state index is 5.28. The molecule has 0 saturated carbocycles. The van der Waals surface area contributed by atoms with Gasteiger partial charge in [-0.3, -0.25) is 4.68 Å². The van der Waals surface area contributed by atoms with E-state index >= 15 is 0 Å². The van der Waals surface area contributed by atoms with Gasteiger partial charge in [0.05, 0.1) is 18.8 Å². The van der Waals surface area contributed by atoms with Crippen LogP contribution in [0.15, 0.2) is 4.99 Å². The minimum absolute atomic E-state index is 0.607. The van der Waals surface area contributed by atoms with Crippen LogP contribution >= 0.6 is 0 Å². The Morgan fingerprint density at radius 2 is 2.23 bits per heavy atom. The van der Waals surface area contributed by atoms with Gasteiger partial charge in [-0.1, -0.05) is 0 Å². The van der Waals surface area contributed by atoms with Crippen molar-refractivity contribution in [3.8, 4) is 0 Å². The van der Waals surface area contributed by atoms with Crippen molar-refractivity contribution < 1.29 is 4.74 Å². The van der Waals surface area contributed by atoms with Crippen LogP contribution < -0.4 is 5.32 Å². The van der Waals surface area contributed by atoms with Crippen molar-refractivity contribution >= 4 is 5.96 Å². The van der Waals surface area contributed by atoms with Crippen molar-refractivity contribution in [1.82, 2.24) is 20.0 Å². The summed E-state index contributed by atoms with van der Waals surface area (Å²) in [6.45, 7) is 10.7. The van der Waals surface area contributed by atoms with Crippen molar-refractivity contribution in [3.05, 3.63) is 17.0 Å². The molecule has 1 aliphatic heterocycles. The molecule has 1 aliphatic rings. The molecule has 0 amide bonds. The number of methoxy groups -OCH3 is 1. The molecule has 1 fully saturated rings. The van der Waals surface area contributed by atoms with Gasteiger partial charge in [-0.05, 0) is 27.2 Å². The number of hydrogen-bond donors (Lipinski definition) is 1. The fourth-order valence-corrected chi connectivity index (χ4v) is 3.02. The molecular formula is C16H29N5O. The summed E-state index contributed by atoms with van der Waals surface area (Å²) in [5, 5.41) is 7.88. The zero-order chi connectivity index (χ0) is 16.1. The number of ether oxygens (including phenoxy) is 1.